The van der Waals surface area contributed by atoms with E-state index in [1.54, 1.807) is 0 Å². The number of benzene rings is 1. The van der Waals surface area contributed by atoms with Crippen molar-refractivity contribution in [2.75, 3.05) is 18.1 Å². The summed E-state index contributed by atoms with van der Waals surface area (Å²) >= 11 is 16.8. The Morgan fingerprint density at radius 2 is 2.00 bits per heavy atom. The minimum atomic E-state index is 0.272. The average molecular weight is 350 g/mol. The molecule has 0 aliphatic carbocycles. The summed E-state index contributed by atoms with van der Waals surface area (Å²) < 4.78 is 0. The van der Waals surface area contributed by atoms with Crippen molar-refractivity contribution in [1.82, 2.24) is 5.32 Å². The van der Waals surface area contributed by atoms with E-state index in [0.717, 1.165) is 12.1 Å². The normalized spacial score (nSPS) is 24.6. The summed E-state index contributed by atoms with van der Waals surface area (Å²) in [5.74, 6) is 2.47. The fourth-order valence-corrected chi connectivity index (χ4v) is 6.30. The fraction of sp³-hybridized carbons (Fsp3) is 0.600. The Kier molecular flexibility index (Phi) is 6.89. The first-order valence-electron chi connectivity index (χ1n) is 7.09. The number of halogens is 2. The topological polar surface area (TPSA) is 12.0 Å². The Labute approximate surface area is 140 Å². The Morgan fingerprint density at radius 1 is 1.25 bits per heavy atom. The van der Waals surface area contributed by atoms with Crippen LogP contribution in [0.1, 0.15) is 31.9 Å². The summed E-state index contributed by atoms with van der Waals surface area (Å²) in [4.78, 5) is 0. The second-order valence-electron chi connectivity index (χ2n) is 4.83. The molecule has 1 N–H and O–H groups in total. The predicted octanol–water partition coefficient (Wildman–Crippen LogP) is 5.27. The van der Waals surface area contributed by atoms with Crippen LogP contribution in [-0.4, -0.2) is 28.6 Å². The summed E-state index contributed by atoms with van der Waals surface area (Å²) in [7, 11) is 0. The molecule has 1 aliphatic rings. The molecule has 0 amide bonds. The minimum absolute atomic E-state index is 0.272. The second kappa shape index (κ2) is 8.19. The molecule has 0 saturated carbocycles. The molecular formula is C15H21Cl2NS2. The molecule has 20 heavy (non-hydrogen) atoms. The van der Waals surface area contributed by atoms with Gasteiger partial charge in [-0.3, -0.25) is 0 Å². The van der Waals surface area contributed by atoms with E-state index in [4.69, 9.17) is 23.2 Å². The lowest BCUT2D eigenvalue weighted by Gasteiger charge is -2.37. The second-order valence-corrected chi connectivity index (χ2v) is 8.25. The molecule has 0 aromatic heterocycles. The van der Waals surface area contributed by atoms with Crippen LogP contribution in [0.2, 0.25) is 10.0 Å². The molecule has 1 aromatic carbocycles. The molecule has 0 radical (unpaired) electrons. The van der Waals surface area contributed by atoms with Crippen molar-refractivity contribution in [2.24, 2.45) is 0 Å². The first kappa shape index (κ1) is 16.8. The Bertz CT molecular complexity index is 442. The third-order valence-electron chi connectivity index (χ3n) is 3.56. The van der Waals surface area contributed by atoms with Gasteiger partial charge in [-0.25, -0.2) is 0 Å². The average Bonchev–Trinajstić information content (AvgIpc) is 2.48. The van der Waals surface area contributed by atoms with Gasteiger partial charge in [-0.2, -0.15) is 23.5 Å². The molecule has 1 saturated heterocycles. The van der Waals surface area contributed by atoms with E-state index in [1.807, 2.05) is 12.1 Å². The van der Waals surface area contributed by atoms with Crippen LogP contribution in [0, 0.1) is 0 Å². The van der Waals surface area contributed by atoms with Crippen LogP contribution in [0.15, 0.2) is 18.2 Å². The molecule has 2 rings (SSSR count). The molecule has 1 aromatic rings. The van der Waals surface area contributed by atoms with Gasteiger partial charge < -0.3 is 5.32 Å². The van der Waals surface area contributed by atoms with E-state index in [2.05, 4.69) is 48.8 Å². The van der Waals surface area contributed by atoms with Crippen LogP contribution in [0.3, 0.4) is 0 Å². The van der Waals surface area contributed by atoms with E-state index in [1.165, 1.54) is 17.9 Å². The predicted molar refractivity (Wildman–Crippen MR) is 95.7 cm³/mol. The lowest BCUT2D eigenvalue weighted by atomic mass is 10.00. The summed E-state index contributed by atoms with van der Waals surface area (Å²) in [6, 6.07) is 6.23. The first-order chi connectivity index (χ1) is 9.69. The minimum Gasteiger partial charge on any atom is -0.309 e. The van der Waals surface area contributed by atoms with Crippen LogP contribution < -0.4 is 5.32 Å². The highest BCUT2D eigenvalue weighted by Gasteiger charge is 2.33. The zero-order chi connectivity index (χ0) is 14.5. The summed E-state index contributed by atoms with van der Waals surface area (Å²) in [5, 5.41) is 6.20. The molecule has 112 valence electrons. The van der Waals surface area contributed by atoms with Gasteiger partial charge in [0.25, 0.3) is 0 Å². The molecule has 1 nitrogen and oxygen atoms in total. The zero-order valence-corrected chi connectivity index (χ0v) is 15.0. The molecule has 0 spiro atoms. The standard InChI is InChI=1S/C15H21Cl2NS2/c1-3-12-15(20-9-8-19-12)14(18-4-2)10-6-5-7-11(16)13(10)17/h5-7,12,14-15,18H,3-4,8-9H2,1-2H3. The third kappa shape index (κ3) is 3.80. The molecule has 3 unspecified atom stereocenters. The molecule has 3 atom stereocenters. The number of thioether (sulfide) groups is 2. The quantitative estimate of drug-likeness (QED) is 0.777. The lowest BCUT2D eigenvalue weighted by molar-refractivity contribution is 0.513. The van der Waals surface area contributed by atoms with Gasteiger partial charge in [-0.05, 0) is 24.6 Å². The molecule has 1 fully saturated rings. The van der Waals surface area contributed by atoms with Crippen LogP contribution in [-0.2, 0) is 0 Å². The summed E-state index contributed by atoms with van der Waals surface area (Å²) in [5.41, 5.74) is 1.14. The molecular weight excluding hydrogens is 329 g/mol. The Balaban J connectivity index is 2.32. The summed E-state index contributed by atoms with van der Waals surface area (Å²) in [6.45, 7) is 5.36. The van der Waals surface area contributed by atoms with Gasteiger partial charge in [-0.15, -0.1) is 0 Å². The molecule has 0 bridgehead atoms. The Hall–Kier alpha value is 0.460. The van der Waals surface area contributed by atoms with E-state index in [9.17, 15) is 0 Å². The maximum atomic E-state index is 6.45. The Morgan fingerprint density at radius 3 is 2.70 bits per heavy atom. The van der Waals surface area contributed by atoms with Crippen molar-refractivity contribution >= 4 is 46.7 Å². The zero-order valence-electron chi connectivity index (χ0n) is 11.9. The van der Waals surface area contributed by atoms with Crippen LogP contribution in [0.5, 0.6) is 0 Å². The number of hydrogen-bond acceptors (Lipinski definition) is 3. The van der Waals surface area contributed by atoms with E-state index in [0.29, 0.717) is 20.5 Å². The first-order valence-corrected chi connectivity index (χ1v) is 9.94. The maximum Gasteiger partial charge on any atom is 0.0640 e. The SMILES string of the molecule is CCNC(c1cccc(Cl)c1Cl)C1SCCSC1CC. The highest BCUT2D eigenvalue weighted by atomic mass is 35.5. The van der Waals surface area contributed by atoms with Gasteiger partial charge in [0.1, 0.15) is 0 Å². The third-order valence-corrected chi connectivity index (χ3v) is 7.75. The molecule has 5 heteroatoms. The van der Waals surface area contributed by atoms with Crippen molar-refractivity contribution < 1.29 is 0 Å². The van der Waals surface area contributed by atoms with Crippen LogP contribution >= 0.6 is 46.7 Å². The van der Waals surface area contributed by atoms with Gasteiger partial charge >= 0.3 is 0 Å². The smallest absolute Gasteiger partial charge is 0.0640 e. The van der Waals surface area contributed by atoms with Crippen molar-refractivity contribution in [3.63, 3.8) is 0 Å². The van der Waals surface area contributed by atoms with E-state index < -0.39 is 0 Å². The highest BCUT2D eigenvalue weighted by molar-refractivity contribution is 8.07. The highest BCUT2D eigenvalue weighted by Crippen LogP contribution is 2.42. The number of hydrogen-bond donors (Lipinski definition) is 1. The largest absolute Gasteiger partial charge is 0.309 e. The number of nitrogens with one attached hydrogen (secondary N) is 1. The molecule has 1 heterocycles. The van der Waals surface area contributed by atoms with Gasteiger partial charge in [0, 0.05) is 28.0 Å². The van der Waals surface area contributed by atoms with Gasteiger partial charge in [0.05, 0.1) is 10.0 Å². The van der Waals surface area contributed by atoms with Gasteiger partial charge in [0.2, 0.25) is 0 Å². The maximum absolute atomic E-state index is 6.45. The van der Waals surface area contributed by atoms with Crippen LogP contribution in [0.4, 0.5) is 0 Å². The fourth-order valence-electron chi connectivity index (χ4n) is 2.63. The monoisotopic (exact) mass is 349 g/mol. The number of rotatable bonds is 5. The van der Waals surface area contributed by atoms with E-state index >= 15 is 0 Å². The van der Waals surface area contributed by atoms with Gasteiger partial charge in [-0.1, -0.05) is 49.2 Å². The van der Waals surface area contributed by atoms with Crippen molar-refractivity contribution in [2.45, 2.75) is 36.8 Å². The van der Waals surface area contributed by atoms with Crippen molar-refractivity contribution in [3.05, 3.63) is 33.8 Å². The van der Waals surface area contributed by atoms with Crippen molar-refractivity contribution in [1.29, 1.82) is 0 Å². The van der Waals surface area contributed by atoms with Crippen molar-refractivity contribution in [3.8, 4) is 0 Å². The van der Waals surface area contributed by atoms with Gasteiger partial charge in [0.15, 0.2) is 0 Å². The van der Waals surface area contributed by atoms with Crippen LogP contribution in [0.25, 0.3) is 0 Å². The molecule has 1 aliphatic heterocycles. The lowest BCUT2D eigenvalue weighted by Crippen LogP contribution is -2.38. The van der Waals surface area contributed by atoms with E-state index in [-0.39, 0.29) is 6.04 Å². The summed E-state index contributed by atoms with van der Waals surface area (Å²) in [6.07, 6.45) is 1.20.